The first kappa shape index (κ1) is 17.0. The second-order valence-electron chi connectivity index (χ2n) is 7.02. The number of aliphatic carboxylic acids is 1. The molecule has 116 valence electrons. The van der Waals surface area contributed by atoms with E-state index in [0.717, 1.165) is 25.9 Å². The number of carbonyl (C=O) groups is 2. The highest BCUT2D eigenvalue weighted by Crippen LogP contribution is 2.24. The molecule has 5 heteroatoms. The highest BCUT2D eigenvalue weighted by molar-refractivity contribution is 5.77. The van der Waals surface area contributed by atoms with Crippen molar-refractivity contribution in [2.24, 2.45) is 17.3 Å². The predicted octanol–water partition coefficient (Wildman–Crippen LogP) is 1.63. The smallest absolute Gasteiger partial charge is 0.308 e. The highest BCUT2D eigenvalue weighted by atomic mass is 16.4. The van der Waals surface area contributed by atoms with E-state index >= 15 is 0 Å². The fourth-order valence-corrected chi connectivity index (χ4v) is 2.66. The minimum atomic E-state index is -0.834. The Bertz CT molecular complexity index is 331. The van der Waals surface area contributed by atoms with Gasteiger partial charge in [-0.05, 0) is 43.7 Å². The Kier molecular flexibility index (Phi) is 6.46. The lowest BCUT2D eigenvalue weighted by Gasteiger charge is -2.24. The van der Waals surface area contributed by atoms with E-state index in [1.807, 2.05) is 20.8 Å². The number of rotatable bonds is 6. The van der Waals surface area contributed by atoms with Gasteiger partial charge in [-0.1, -0.05) is 20.8 Å². The summed E-state index contributed by atoms with van der Waals surface area (Å²) in [6, 6.07) is 0. The van der Waals surface area contributed by atoms with Crippen molar-refractivity contribution in [2.45, 2.75) is 46.5 Å². The normalized spacial score (nSPS) is 21.2. The Balaban J connectivity index is 2.34. The van der Waals surface area contributed by atoms with Crippen molar-refractivity contribution in [3.63, 3.8) is 0 Å². The number of piperidine rings is 1. The van der Waals surface area contributed by atoms with E-state index in [0.29, 0.717) is 18.8 Å². The molecule has 0 aromatic carbocycles. The average Bonchev–Trinajstić information content (AvgIpc) is 2.34. The van der Waals surface area contributed by atoms with Crippen LogP contribution in [0, 0.1) is 17.3 Å². The molecule has 1 saturated heterocycles. The van der Waals surface area contributed by atoms with E-state index in [9.17, 15) is 14.7 Å². The third-order valence-corrected chi connectivity index (χ3v) is 3.63. The molecule has 1 aliphatic heterocycles. The largest absolute Gasteiger partial charge is 0.481 e. The van der Waals surface area contributed by atoms with Gasteiger partial charge in [-0.15, -0.1) is 0 Å². The Hall–Kier alpha value is -1.10. The number of hydrogen-bond donors (Lipinski definition) is 3. The Morgan fingerprint density at radius 3 is 2.60 bits per heavy atom. The number of carboxylic acid groups (broad SMARTS) is 1. The second-order valence-corrected chi connectivity index (χ2v) is 7.02. The minimum absolute atomic E-state index is 0.0288. The van der Waals surface area contributed by atoms with Gasteiger partial charge in [0.05, 0.1) is 5.92 Å². The van der Waals surface area contributed by atoms with Crippen LogP contribution in [-0.2, 0) is 9.59 Å². The summed E-state index contributed by atoms with van der Waals surface area (Å²) in [5.74, 6) is -0.989. The van der Waals surface area contributed by atoms with Gasteiger partial charge >= 0.3 is 5.97 Å². The first-order valence-electron chi connectivity index (χ1n) is 7.48. The molecule has 2 atom stereocenters. The van der Waals surface area contributed by atoms with Crippen LogP contribution in [-0.4, -0.2) is 36.6 Å². The quantitative estimate of drug-likeness (QED) is 0.692. The molecule has 0 spiro atoms. The zero-order chi connectivity index (χ0) is 15.2. The summed E-state index contributed by atoms with van der Waals surface area (Å²) in [5, 5.41) is 15.3. The van der Waals surface area contributed by atoms with Crippen LogP contribution >= 0.6 is 0 Å². The summed E-state index contributed by atoms with van der Waals surface area (Å²) in [6.07, 6.45) is 3.24. The molecular formula is C15H28N2O3. The first-order valence-corrected chi connectivity index (χ1v) is 7.48. The van der Waals surface area contributed by atoms with E-state index in [1.54, 1.807) is 0 Å². The molecule has 1 rings (SSSR count). The fourth-order valence-electron chi connectivity index (χ4n) is 2.66. The number of carboxylic acids is 1. The molecule has 3 N–H and O–H groups in total. The van der Waals surface area contributed by atoms with Gasteiger partial charge < -0.3 is 15.7 Å². The standard InChI is InChI=1S/C15H28N2O3/c1-15(2,3)8-12(14(19)20)10-17-13(18)7-11-5-4-6-16-9-11/h11-12,16H,4-10H2,1-3H3,(H,17,18)(H,19,20). The average molecular weight is 284 g/mol. The lowest BCUT2D eigenvalue weighted by atomic mass is 9.84. The van der Waals surface area contributed by atoms with Crippen LogP contribution in [0.5, 0.6) is 0 Å². The van der Waals surface area contributed by atoms with Gasteiger partial charge in [0.15, 0.2) is 0 Å². The Morgan fingerprint density at radius 1 is 1.40 bits per heavy atom. The fraction of sp³-hybridized carbons (Fsp3) is 0.867. The third-order valence-electron chi connectivity index (χ3n) is 3.63. The van der Waals surface area contributed by atoms with Gasteiger partial charge in [0, 0.05) is 13.0 Å². The molecular weight excluding hydrogens is 256 g/mol. The number of nitrogens with one attached hydrogen (secondary N) is 2. The van der Waals surface area contributed by atoms with Gasteiger partial charge in [-0.2, -0.15) is 0 Å². The summed E-state index contributed by atoms with van der Waals surface area (Å²) in [4.78, 5) is 23.1. The summed E-state index contributed by atoms with van der Waals surface area (Å²) in [6.45, 7) is 8.18. The second kappa shape index (κ2) is 7.62. The minimum Gasteiger partial charge on any atom is -0.481 e. The SMILES string of the molecule is CC(C)(C)CC(CNC(=O)CC1CCCNC1)C(=O)O. The molecule has 0 aromatic rings. The van der Waals surface area contributed by atoms with E-state index in [1.165, 1.54) is 0 Å². The number of hydrogen-bond acceptors (Lipinski definition) is 3. The van der Waals surface area contributed by atoms with Crippen LogP contribution < -0.4 is 10.6 Å². The molecule has 0 bridgehead atoms. The van der Waals surface area contributed by atoms with Crippen LogP contribution in [0.1, 0.15) is 46.5 Å². The Morgan fingerprint density at radius 2 is 2.10 bits per heavy atom. The molecule has 1 amide bonds. The predicted molar refractivity (Wildman–Crippen MR) is 78.4 cm³/mol. The maximum atomic E-state index is 11.9. The van der Waals surface area contributed by atoms with Gasteiger partial charge in [-0.3, -0.25) is 9.59 Å². The van der Waals surface area contributed by atoms with Crippen molar-refractivity contribution >= 4 is 11.9 Å². The van der Waals surface area contributed by atoms with Crippen molar-refractivity contribution in [1.29, 1.82) is 0 Å². The van der Waals surface area contributed by atoms with Gasteiger partial charge in [0.1, 0.15) is 0 Å². The van der Waals surface area contributed by atoms with E-state index in [-0.39, 0.29) is 17.9 Å². The summed E-state index contributed by atoms with van der Waals surface area (Å²) in [5.41, 5.74) is -0.0545. The van der Waals surface area contributed by atoms with Gasteiger partial charge in [0.25, 0.3) is 0 Å². The molecule has 1 heterocycles. The molecule has 0 saturated carbocycles. The summed E-state index contributed by atoms with van der Waals surface area (Å²) in [7, 11) is 0. The molecule has 0 aliphatic carbocycles. The Labute approximate surface area is 121 Å². The van der Waals surface area contributed by atoms with Crippen LogP contribution in [0.2, 0.25) is 0 Å². The summed E-state index contributed by atoms with van der Waals surface area (Å²) >= 11 is 0. The van der Waals surface area contributed by atoms with Crippen molar-refractivity contribution in [3.8, 4) is 0 Å². The van der Waals surface area contributed by atoms with Crippen LogP contribution in [0.15, 0.2) is 0 Å². The zero-order valence-corrected chi connectivity index (χ0v) is 12.9. The monoisotopic (exact) mass is 284 g/mol. The zero-order valence-electron chi connectivity index (χ0n) is 12.9. The van der Waals surface area contributed by atoms with Gasteiger partial charge in [0.2, 0.25) is 5.91 Å². The lowest BCUT2D eigenvalue weighted by molar-refractivity contribution is -0.142. The van der Waals surface area contributed by atoms with Crippen LogP contribution in [0.4, 0.5) is 0 Å². The van der Waals surface area contributed by atoms with E-state index < -0.39 is 11.9 Å². The number of amides is 1. The number of carbonyl (C=O) groups excluding carboxylic acids is 1. The molecule has 1 aliphatic rings. The van der Waals surface area contributed by atoms with Crippen LogP contribution in [0.3, 0.4) is 0 Å². The molecule has 5 nitrogen and oxygen atoms in total. The highest BCUT2D eigenvalue weighted by Gasteiger charge is 2.25. The third kappa shape index (κ3) is 6.89. The maximum absolute atomic E-state index is 11.9. The van der Waals surface area contributed by atoms with E-state index in [4.69, 9.17) is 0 Å². The molecule has 0 aromatic heterocycles. The van der Waals surface area contributed by atoms with Crippen molar-refractivity contribution < 1.29 is 14.7 Å². The van der Waals surface area contributed by atoms with Crippen LogP contribution in [0.25, 0.3) is 0 Å². The first-order chi connectivity index (χ1) is 9.28. The molecule has 1 fully saturated rings. The maximum Gasteiger partial charge on any atom is 0.308 e. The summed E-state index contributed by atoms with van der Waals surface area (Å²) < 4.78 is 0. The molecule has 20 heavy (non-hydrogen) atoms. The van der Waals surface area contributed by atoms with Crippen molar-refractivity contribution in [3.05, 3.63) is 0 Å². The van der Waals surface area contributed by atoms with Gasteiger partial charge in [-0.25, -0.2) is 0 Å². The molecule has 0 radical (unpaired) electrons. The van der Waals surface area contributed by atoms with E-state index in [2.05, 4.69) is 10.6 Å². The van der Waals surface area contributed by atoms with Crippen molar-refractivity contribution in [2.75, 3.05) is 19.6 Å². The lowest BCUT2D eigenvalue weighted by Crippen LogP contribution is -2.38. The topological polar surface area (TPSA) is 78.4 Å². The molecule has 2 unspecified atom stereocenters. The van der Waals surface area contributed by atoms with Crippen molar-refractivity contribution in [1.82, 2.24) is 10.6 Å².